The average molecular weight is 267 g/mol. The first kappa shape index (κ1) is 13.4. The van der Waals surface area contributed by atoms with Crippen LogP contribution in [0, 0.1) is 11.3 Å². The summed E-state index contributed by atoms with van der Waals surface area (Å²) in [6.45, 7) is 0. The van der Waals surface area contributed by atoms with E-state index in [1.54, 1.807) is 36.4 Å². The standard InChI is InChI=1S/C15H13N3O2/c16-8-7-10-1-4-12(5-2-10)20-14-9-11(15(18)19)3-6-13(14)17/h1-6,9H,7,17H2,(H2,18,19). The second-order valence-corrected chi connectivity index (χ2v) is 4.20. The maximum absolute atomic E-state index is 11.1. The fraction of sp³-hybridized carbons (Fsp3) is 0.0667. The van der Waals surface area contributed by atoms with E-state index in [0.717, 1.165) is 5.56 Å². The number of nitrogens with zero attached hydrogens (tertiary/aromatic N) is 1. The Labute approximate surface area is 116 Å². The molecule has 5 heteroatoms. The van der Waals surface area contributed by atoms with Gasteiger partial charge >= 0.3 is 0 Å². The Morgan fingerprint density at radius 1 is 1.20 bits per heavy atom. The van der Waals surface area contributed by atoms with Crippen LogP contribution in [0.4, 0.5) is 5.69 Å². The smallest absolute Gasteiger partial charge is 0.248 e. The molecule has 0 unspecified atom stereocenters. The van der Waals surface area contributed by atoms with Crippen LogP contribution in [0.2, 0.25) is 0 Å². The quantitative estimate of drug-likeness (QED) is 0.829. The molecule has 0 heterocycles. The van der Waals surface area contributed by atoms with Gasteiger partial charge in [-0.05, 0) is 35.9 Å². The summed E-state index contributed by atoms with van der Waals surface area (Å²) in [6.07, 6.45) is 0.347. The molecule has 0 spiro atoms. The first-order valence-corrected chi connectivity index (χ1v) is 5.93. The number of rotatable bonds is 4. The van der Waals surface area contributed by atoms with Crippen molar-refractivity contribution in [3.05, 3.63) is 53.6 Å². The number of hydrogen-bond acceptors (Lipinski definition) is 4. The van der Waals surface area contributed by atoms with Gasteiger partial charge in [-0.2, -0.15) is 5.26 Å². The number of carbonyl (C=O) groups is 1. The van der Waals surface area contributed by atoms with E-state index in [-0.39, 0.29) is 0 Å². The Hall–Kier alpha value is -3.00. The molecule has 2 rings (SSSR count). The summed E-state index contributed by atoms with van der Waals surface area (Å²) in [6, 6.07) is 13.8. The molecule has 0 aromatic heterocycles. The number of nitriles is 1. The molecular weight excluding hydrogens is 254 g/mol. The second-order valence-electron chi connectivity index (χ2n) is 4.20. The third-order valence-electron chi connectivity index (χ3n) is 2.73. The van der Waals surface area contributed by atoms with Gasteiger partial charge in [0.15, 0.2) is 5.75 Å². The molecule has 20 heavy (non-hydrogen) atoms. The van der Waals surface area contributed by atoms with Crippen LogP contribution in [-0.4, -0.2) is 5.91 Å². The van der Waals surface area contributed by atoms with Crippen molar-refractivity contribution in [2.75, 3.05) is 5.73 Å². The van der Waals surface area contributed by atoms with E-state index >= 15 is 0 Å². The molecule has 0 saturated heterocycles. The van der Waals surface area contributed by atoms with Crippen LogP contribution in [0.25, 0.3) is 0 Å². The third-order valence-corrected chi connectivity index (χ3v) is 2.73. The van der Waals surface area contributed by atoms with E-state index < -0.39 is 5.91 Å². The molecule has 0 fully saturated rings. The van der Waals surface area contributed by atoms with E-state index in [2.05, 4.69) is 6.07 Å². The lowest BCUT2D eigenvalue weighted by Crippen LogP contribution is -2.11. The highest BCUT2D eigenvalue weighted by atomic mass is 16.5. The van der Waals surface area contributed by atoms with Crippen molar-refractivity contribution in [2.24, 2.45) is 5.73 Å². The number of nitrogens with two attached hydrogens (primary N) is 2. The van der Waals surface area contributed by atoms with Crippen LogP contribution >= 0.6 is 0 Å². The molecule has 2 aromatic carbocycles. The molecular formula is C15H13N3O2. The highest BCUT2D eigenvalue weighted by Gasteiger charge is 2.07. The molecule has 0 radical (unpaired) electrons. The molecule has 1 amide bonds. The zero-order valence-electron chi connectivity index (χ0n) is 10.7. The van der Waals surface area contributed by atoms with E-state index in [1.165, 1.54) is 6.07 Å². The first-order chi connectivity index (χ1) is 9.60. The average Bonchev–Trinajstić information content (AvgIpc) is 2.43. The maximum Gasteiger partial charge on any atom is 0.248 e. The Balaban J connectivity index is 2.23. The summed E-state index contributed by atoms with van der Waals surface area (Å²) < 4.78 is 5.62. The van der Waals surface area contributed by atoms with E-state index in [4.69, 9.17) is 21.5 Å². The largest absolute Gasteiger partial charge is 0.455 e. The Bertz CT molecular complexity index is 673. The van der Waals surface area contributed by atoms with Gasteiger partial charge in [0.05, 0.1) is 18.2 Å². The van der Waals surface area contributed by atoms with Crippen LogP contribution in [0.5, 0.6) is 11.5 Å². The highest BCUT2D eigenvalue weighted by molar-refractivity contribution is 5.93. The lowest BCUT2D eigenvalue weighted by atomic mass is 10.1. The van der Waals surface area contributed by atoms with Gasteiger partial charge < -0.3 is 16.2 Å². The topological polar surface area (TPSA) is 102 Å². The van der Waals surface area contributed by atoms with Crippen molar-refractivity contribution < 1.29 is 9.53 Å². The Kier molecular flexibility index (Phi) is 3.87. The van der Waals surface area contributed by atoms with E-state index in [9.17, 15) is 4.79 Å². The number of primary amides is 1. The number of amides is 1. The minimum atomic E-state index is -0.542. The summed E-state index contributed by atoms with van der Waals surface area (Å²) in [5.74, 6) is 0.397. The van der Waals surface area contributed by atoms with Crippen LogP contribution in [-0.2, 0) is 6.42 Å². The number of hydrogen-bond donors (Lipinski definition) is 2. The third kappa shape index (κ3) is 3.06. The summed E-state index contributed by atoms with van der Waals surface area (Å²) in [4.78, 5) is 11.1. The molecule has 0 aliphatic heterocycles. The van der Waals surface area contributed by atoms with Gasteiger partial charge in [-0.15, -0.1) is 0 Å². The summed E-state index contributed by atoms with van der Waals surface area (Å²) in [5, 5.41) is 8.60. The van der Waals surface area contributed by atoms with Crippen molar-refractivity contribution in [1.29, 1.82) is 5.26 Å². The fourth-order valence-corrected chi connectivity index (χ4v) is 1.67. The van der Waals surface area contributed by atoms with Gasteiger partial charge in [-0.1, -0.05) is 12.1 Å². The van der Waals surface area contributed by atoms with Gasteiger partial charge in [-0.3, -0.25) is 4.79 Å². The van der Waals surface area contributed by atoms with Gasteiger partial charge in [0.1, 0.15) is 5.75 Å². The molecule has 0 atom stereocenters. The van der Waals surface area contributed by atoms with Gasteiger partial charge in [-0.25, -0.2) is 0 Å². The predicted octanol–water partition coefficient (Wildman–Crippen LogP) is 2.23. The zero-order chi connectivity index (χ0) is 14.5. The molecule has 0 saturated carbocycles. The van der Waals surface area contributed by atoms with Crippen molar-refractivity contribution in [2.45, 2.75) is 6.42 Å². The second kappa shape index (κ2) is 5.76. The minimum absolute atomic E-state index is 0.329. The minimum Gasteiger partial charge on any atom is -0.455 e. The van der Waals surface area contributed by atoms with Crippen molar-refractivity contribution >= 4 is 11.6 Å². The van der Waals surface area contributed by atoms with Crippen molar-refractivity contribution in [3.63, 3.8) is 0 Å². The number of ether oxygens (including phenoxy) is 1. The maximum atomic E-state index is 11.1. The highest BCUT2D eigenvalue weighted by Crippen LogP contribution is 2.28. The predicted molar refractivity (Wildman–Crippen MR) is 75.2 cm³/mol. The zero-order valence-corrected chi connectivity index (χ0v) is 10.7. The molecule has 0 aliphatic rings. The first-order valence-electron chi connectivity index (χ1n) is 5.93. The monoisotopic (exact) mass is 267 g/mol. The van der Waals surface area contributed by atoms with Crippen LogP contribution < -0.4 is 16.2 Å². The Morgan fingerprint density at radius 2 is 1.90 bits per heavy atom. The van der Waals surface area contributed by atoms with E-state index in [1.807, 2.05) is 0 Å². The molecule has 0 bridgehead atoms. The number of carbonyl (C=O) groups excluding carboxylic acids is 1. The molecule has 100 valence electrons. The molecule has 5 nitrogen and oxygen atoms in total. The lowest BCUT2D eigenvalue weighted by Gasteiger charge is -2.09. The van der Waals surface area contributed by atoms with Gasteiger partial charge in [0.2, 0.25) is 5.91 Å². The Morgan fingerprint density at radius 3 is 2.50 bits per heavy atom. The molecule has 2 aromatic rings. The summed E-state index contributed by atoms with van der Waals surface area (Å²) in [7, 11) is 0. The van der Waals surface area contributed by atoms with Crippen molar-refractivity contribution in [3.8, 4) is 17.6 Å². The summed E-state index contributed by atoms with van der Waals surface area (Å²) in [5.41, 5.74) is 12.7. The van der Waals surface area contributed by atoms with Crippen molar-refractivity contribution in [1.82, 2.24) is 0 Å². The van der Waals surface area contributed by atoms with E-state index in [0.29, 0.717) is 29.2 Å². The van der Waals surface area contributed by atoms with Gasteiger partial charge in [0, 0.05) is 5.56 Å². The fourth-order valence-electron chi connectivity index (χ4n) is 1.67. The lowest BCUT2D eigenvalue weighted by molar-refractivity contribution is 0.1000. The normalized spacial score (nSPS) is 9.75. The number of nitrogen functional groups attached to an aromatic ring is 1. The van der Waals surface area contributed by atoms with Crippen LogP contribution in [0.3, 0.4) is 0 Å². The number of benzene rings is 2. The van der Waals surface area contributed by atoms with Crippen LogP contribution in [0.1, 0.15) is 15.9 Å². The van der Waals surface area contributed by atoms with Gasteiger partial charge in [0.25, 0.3) is 0 Å². The SMILES string of the molecule is N#CCc1ccc(Oc2cc(C(N)=O)ccc2N)cc1. The van der Waals surface area contributed by atoms with Crippen LogP contribution in [0.15, 0.2) is 42.5 Å². The number of anilines is 1. The summed E-state index contributed by atoms with van der Waals surface area (Å²) >= 11 is 0. The molecule has 0 aliphatic carbocycles. The molecule has 4 N–H and O–H groups in total.